The summed E-state index contributed by atoms with van der Waals surface area (Å²) >= 11 is 0. The molecule has 0 heterocycles. The summed E-state index contributed by atoms with van der Waals surface area (Å²) in [4.78, 5) is 10.7. The van der Waals surface area contributed by atoms with E-state index in [1.165, 1.54) is 148 Å². The summed E-state index contributed by atoms with van der Waals surface area (Å²) in [7, 11) is 0. The predicted octanol–water partition coefficient (Wildman–Crippen LogP) is 11.6. The highest BCUT2D eigenvalue weighted by molar-refractivity contribution is 5.75. The molecule has 0 aliphatic rings. The van der Waals surface area contributed by atoms with Gasteiger partial charge in [-0.05, 0) is 39.0 Å². The summed E-state index contributed by atoms with van der Waals surface area (Å²) in [5, 5.41) is 0. The zero-order valence-corrected chi connectivity index (χ0v) is 28.7. The minimum atomic E-state index is 0. The van der Waals surface area contributed by atoms with Crippen LogP contribution >= 0.6 is 0 Å². The van der Waals surface area contributed by atoms with Gasteiger partial charge >= 0.3 is 0 Å². The minimum absolute atomic E-state index is 0. The van der Waals surface area contributed by atoms with Gasteiger partial charge in [-0.2, -0.15) is 0 Å². The standard InChI is InChI=1S/C16H32O.2C10H22O.H2O/c1-3-4-5-6-7-8-9-10-11-12-13-14-15-16(2)17;2*1-3-5-7-9-11-10-8-6-4-2;/h3-15H2,1-2H3;2*3-10H2,1-2H3;1H2. The lowest BCUT2D eigenvalue weighted by Crippen LogP contribution is -1.96. The van der Waals surface area contributed by atoms with Gasteiger partial charge in [0.25, 0.3) is 0 Å². The van der Waals surface area contributed by atoms with Crippen molar-refractivity contribution in [3.63, 3.8) is 0 Å². The van der Waals surface area contributed by atoms with Gasteiger partial charge in [0.2, 0.25) is 0 Å². The molecule has 0 aromatic heterocycles. The monoisotopic (exact) mass is 575 g/mol. The van der Waals surface area contributed by atoms with Gasteiger partial charge in [0.1, 0.15) is 5.78 Å². The molecule has 0 unspecified atom stereocenters. The fourth-order valence-electron chi connectivity index (χ4n) is 4.24. The number of Topliss-reactive ketones (excluding diaryl/α,β-unsaturated/α-hetero) is 1. The second-order valence-electron chi connectivity index (χ2n) is 11.4. The van der Waals surface area contributed by atoms with Crippen molar-refractivity contribution in [1.29, 1.82) is 0 Å². The van der Waals surface area contributed by atoms with Crippen molar-refractivity contribution in [2.45, 2.75) is 202 Å². The van der Waals surface area contributed by atoms with E-state index in [0.29, 0.717) is 5.78 Å². The maximum Gasteiger partial charge on any atom is 0.129 e. The zero-order valence-electron chi connectivity index (χ0n) is 28.7. The number of ether oxygens (including phenoxy) is 2. The zero-order chi connectivity index (χ0) is 29.5. The molecular weight excluding hydrogens is 496 g/mol. The lowest BCUT2D eigenvalue weighted by Gasteiger charge is -2.02. The Bertz CT molecular complexity index is 366. The van der Waals surface area contributed by atoms with Crippen molar-refractivity contribution in [3.8, 4) is 0 Å². The van der Waals surface area contributed by atoms with E-state index in [9.17, 15) is 4.79 Å². The Morgan fingerprint density at radius 1 is 0.375 bits per heavy atom. The van der Waals surface area contributed by atoms with E-state index in [-0.39, 0.29) is 5.48 Å². The maximum absolute atomic E-state index is 10.7. The van der Waals surface area contributed by atoms with E-state index in [1.807, 2.05) is 0 Å². The van der Waals surface area contributed by atoms with Crippen LogP contribution in [0.25, 0.3) is 0 Å². The first-order valence-corrected chi connectivity index (χ1v) is 17.7. The minimum Gasteiger partial charge on any atom is -0.412 e. The Morgan fingerprint density at radius 2 is 0.600 bits per heavy atom. The molecule has 0 aliphatic heterocycles. The van der Waals surface area contributed by atoms with Gasteiger partial charge in [0, 0.05) is 32.8 Å². The summed E-state index contributed by atoms with van der Waals surface area (Å²) < 4.78 is 10.9. The average molecular weight is 575 g/mol. The van der Waals surface area contributed by atoms with E-state index in [4.69, 9.17) is 9.47 Å². The topological polar surface area (TPSA) is 67.0 Å². The first kappa shape index (κ1) is 46.5. The Morgan fingerprint density at radius 3 is 0.850 bits per heavy atom. The van der Waals surface area contributed by atoms with Crippen LogP contribution in [0.2, 0.25) is 0 Å². The molecule has 0 aromatic rings. The number of unbranched alkanes of at least 4 members (excludes halogenated alkanes) is 19. The highest BCUT2D eigenvalue weighted by atomic mass is 16.5. The Kier molecular flexibility index (Phi) is 56.1. The third-order valence-corrected chi connectivity index (χ3v) is 6.95. The van der Waals surface area contributed by atoms with E-state index in [1.54, 1.807) is 6.92 Å². The van der Waals surface area contributed by atoms with Crippen molar-refractivity contribution >= 4 is 5.78 Å². The SMILES string of the molecule is CCCCCCCCCCCCCCC(C)=O.CCCCCOCCCCC.CCCCCOCCCCC.O. The second-order valence-corrected chi connectivity index (χ2v) is 11.4. The summed E-state index contributed by atoms with van der Waals surface area (Å²) in [5.74, 6) is 0.345. The lowest BCUT2D eigenvalue weighted by atomic mass is 10.0. The second kappa shape index (κ2) is 48.3. The van der Waals surface area contributed by atoms with Crippen molar-refractivity contribution in [2.75, 3.05) is 26.4 Å². The fraction of sp³-hybridized carbons (Fsp3) is 0.972. The van der Waals surface area contributed by atoms with Crippen molar-refractivity contribution in [1.82, 2.24) is 0 Å². The Hall–Kier alpha value is -0.450. The molecule has 4 nitrogen and oxygen atoms in total. The number of ketones is 1. The smallest absolute Gasteiger partial charge is 0.129 e. The van der Waals surface area contributed by atoms with Crippen LogP contribution in [0.1, 0.15) is 202 Å². The predicted molar refractivity (Wildman–Crippen MR) is 180 cm³/mol. The molecule has 0 spiro atoms. The number of carbonyl (C=O) groups excluding carboxylic acids is 1. The molecule has 0 rings (SSSR count). The van der Waals surface area contributed by atoms with Gasteiger partial charge in [0.15, 0.2) is 0 Å². The molecule has 0 bridgehead atoms. The molecule has 0 saturated carbocycles. The van der Waals surface area contributed by atoms with Crippen LogP contribution in [0, 0.1) is 0 Å². The number of hydrogen-bond donors (Lipinski definition) is 0. The number of hydrogen-bond acceptors (Lipinski definition) is 3. The van der Waals surface area contributed by atoms with Crippen LogP contribution in [-0.4, -0.2) is 37.7 Å². The van der Waals surface area contributed by atoms with Crippen LogP contribution in [0.4, 0.5) is 0 Å². The third-order valence-electron chi connectivity index (χ3n) is 6.95. The van der Waals surface area contributed by atoms with Crippen LogP contribution in [-0.2, 0) is 14.3 Å². The highest BCUT2D eigenvalue weighted by Gasteiger charge is 1.95. The van der Waals surface area contributed by atoms with Crippen molar-refractivity contribution in [3.05, 3.63) is 0 Å². The summed E-state index contributed by atoms with van der Waals surface area (Å²) in [6.45, 7) is 16.7. The molecule has 2 N–H and O–H groups in total. The summed E-state index contributed by atoms with van der Waals surface area (Å²) in [6.07, 6.45) is 32.5. The molecule has 0 fully saturated rings. The average Bonchev–Trinajstić information content (AvgIpc) is 2.93. The maximum atomic E-state index is 10.7. The van der Waals surface area contributed by atoms with Crippen LogP contribution < -0.4 is 0 Å². The van der Waals surface area contributed by atoms with Gasteiger partial charge in [-0.15, -0.1) is 0 Å². The van der Waals surface area contributed by atoms with Crippen LogP contribution in [0.3, 0.4) is 0 Å². The molecule has 40 heavy (non-hydrogen) atoms. The van der Waals surface area contributed by atoms with Crippen LogP contribution in [0.15, 0.2) is 0 Å². The quantitative estimate of drug-likeness (QED) is 0.0834. The molecule has 0 aromatic carbocycles. The van der Waals surface area contributed by atoms with Crippen LogP contribution in [0.5, 0.6) is 0 Å². The molecule has 0 amide bonds. The van der Waals surface area contributed by atoms with Crippen molar-refractivity contribution < 1.29 is 19.7 Å². The van der Waals surface area contributed by atoms with Gasteiger partial charge in [0.05, 0.1) is 0 Å². The van der Waals surface area contributed by atoms with Gasteiger partial charge < -0.3 is 19.7 Å². The van der Waals surface area contributed by atoms with E-state index in [2.05, 4.69) is 34.6 Å². The molecule has 0 aliphatic carbocycles. The third kappa shape index (κ3) is 57.4. The molecule has 0 radical (unpaired) electrons. The van der Waals surface area contributed by atoms with E-state index < -0.39 is 0 Å². The normalized spacial score (nSPS) is 10.2. The lowest BCUT2D eigenvalue weighted by molar-refractivity contribution is -0.117. The number of carbonyl (C=O) groups is 1. The van der Waals surface area contributed by atoms with Gasteiger partial charge in [-0.25, -0.2) is 0 Å². The molecule has 4 heteroatoms. The first-order chi connectivity index (χ1) is 19.1. The van der Waals surface area contributed by atoms with Crippen molar-refractivity contribution in [2.24, 2.45) is 0 Å². The summed E-state index contributed by atoms with van der Waals surface area (Å²) in [6, 6.07) is 0. The molecule has 246 valence electrons. The fourth-order valence-corrected chi connectivity index (χ4v) is 4.24. The largest absolute Gasteiger partial charge is 0.412 e. The Balaban J connectivity index is -0.000000249. The number of rotatable bonds is 29. The molecular formula is C36H78O4. The highest BCUT2D eigenvalue weighted by Crippen LogP contribution is 2.12. The Labute approximate surface area is 253 Å². The molecule has 0 atom stereocenters. The van der Waals surface area contributed by atoms with E-state index >= 15 is 0 Å². The first-order valence-electron chi connectivity index (χ1n) is 17.7. The van der Waals surface area contributed by atoms with Gasteiger partial charge in [-0.3, -0.25) is 0 Å². The molecule has 0 saturated heterocycles. The van der Waals surface area contributed by atoms with E-state index in [0.717, 1.165) is 39.3 Å². The summed E-state index contributed by atoms with van der Waals surface area (Å²) in [5.41, 5.74) is 0. The van der Waals surface area contributed by atoms with Gasteiger partial charge in [-0.1, -0.05) is 157 Å².